The first-order chi connectivity index (χ1) is 13.9. The number of anilines is 1. The van der Waals surface area contributed by atoms with Crippen LogP contribution in [0, 0.1) is 5.82 Å². The van der Waals surface area contributed by atoms with Crippen molar-refractivity contribution in [3.05, 3.63) is 64.3 Å². The molecule has 0 aliphatic carbocycles. The van der Waals surface area contributed by atoms with E-state index in [0.29, 0.717) is 22.9 Å². The smallest absolute Gasteiger partial charge is 0.258 e. The van der Waals surface area contributed by atoms with Crippen molar-refractivity contribution in [3.63, 3.8) is 0 Å². The van der Waals surface area contributed by atoms with Crippen LogP contribution in [-0.4, -0.2) is 35.1 Å². The van der Waals surface area contributed by atoms with Gasteiger partial charge in [0.15, 0.2) is 0 Å². The summed E-state index contributed by atoms with van der Waals surface area (Å²) in [5, 5.41) is 3.42. The molecule has 2 atom stereocenters. The molecule has 152 valence electrons. The van der Waals surface area contributed by atoms with Crippen LogP contribution in [0.15, 0.2) is 47.4 Å². The molecule has 0 radical (unpaired) electrons. The second-order valence-corrected chi connectivity index (χ2v) is 7.98. The molecule has 4 rings (SSSR count). The summed E-state index contributed by atoms with van der Waals surface area (Å²) in [6, 6.07) is 10.7. The summed E-state index contributed by atoms with van der Waals surface area (Å²) in [5.74, 6) is -0.0574. The predicted octanol–water partition coefficient (Wildman–Crippen LogP) is 3.81. The van der Waals surface area contributed by atoms with Gasteiger partial charge in [-0.3, -0.25) is 9.20 Å². The van der Waals surface area contributed by atoms with E-state index in [1.807, 2.05) is 24.4 Å². The van der Waals surface area contributed by atoms with Crippen molar-refractivity contribution in [2.75, 3.05) is 24.5 Å². The van der Waals surface area contributed by atoms with Gasteiger partial charge in [0, 0.05) is 43.5 Å². The van der Waals surface area contributed by atoms with Crippen LogP contribution in [0.5, 0.6) is 0 Å². The molecule has 1 aliphatic heterocycles. The Balaban J connectivity index is 1.74. The van der Waals surface area contributed by atoms with Gasteiger partial charge in [-0.15, -0.1) is 0 Å². The van der Waals surface area contributed by atoms with Gasteiger partial charge in [-0.2, -0.15) is 0 Å². The Hall–Kier alpha value is -2.73. The minimum atomic E-state index is -0.303. The fourth-order valence-corrected chi connectivity index (χ4v) is 3.87. The number of benzene rings is 1. The maximum Gasteiger partial charge on any atom is 0.258 e. The maximum absolute atomic E-state index is 14.2. The van der Waals surface area contributed by atoms with E-state index in [1.54, 1.807) is 10.5 Å². The highest BCUT2D eigenvalue weighted by Crippen LogP contribution is 2.26. The highest BCUT2D eigenvalue weighted by atomic mass is 19.1. The highest BCUT2D eigenvalue weighted by molar-refractivity contribution is 5.63. The van der Waals surface area contributed by atoms with E-state index < -0.39 is 0 Å². The van der Waals surface area contributed by atoms with Gasteiger partial charge in [0.25, 0.3) is 5.56 Å². The van der Waals surface area contributed by atoms with E-state index in [-0.39, 0.29) is 17.3 Å². The molecule has 1 aromatic carbocycles. The van der Waals surface area contributed by atoms with Crippen molar-refractivity contribution in [2.45, 2.75) is 39.2 Å². The Morgan fingerprint density at radius 2 is 2.10 bits per heavy atom. The molecule has 3 aromatic rings. The molecular weight excluding hydrogens is 367 g/mol. The van der Waals surface area contributed by atoms with E-state index in [9.17, 15) is 9.18 Å². The number of hydrogen-bond donors (Lipinski definition) is 1. The van der Waals surface area contributed by atoms with E-state index in [1.165, 1.54) is 12.1 Å². The Morgan fingerprint density at radius 3 is 2.86 bits per heavy atom. The number of nitrogens with one attached hydrogen (secondary N) is 1. The van der Waals surface area contributed by atoms with Crippen LogP contribution in [0.3, 0.4) is 0 Å². The fourth-order valence-electron chi connectivity index (χ4n) is 3.87. The van der Waals surface area contributed by atoms with Gasteiger partial charge in [0.2, 0.25) is 0 Å². The SMILES string of the molecule is CCC(C)c1cc(F)cc(-c2cc(=O)n3cc(N4CCN[C@@H](C)C4)ccc3n2)c1. The van der Waals surface area contributed by atoms with Crippen LogP contribution in [0.1, 0.15) is 38.7 Å². The number of piperazine rings is 1. The van der Waals surface area contributed by atoms with Gasteiger partial charge in [0.05, 0.1) is 11.4 Å². The van der Waals surface area contributed by atoms with Crippen LogP contribution in [-0.2, 0) is 0 Å². The second kappa shape index (κ2) is 7.95. The normalized spacial score (nSPS) is 18.2. The van der Waals surface area contributed by atoms with Gasteiger partial charge < -0.3 is 10.2 Å². The van der Waals surface area contributed by atoms with Crippen molar-refractivity contribution in [3.8, 4) is 11.3 Å². The van der Waals surface area contributed by atoms with Crippen LogP contribution in [0.2, 0.25) is 0 Å². The van der Waals surface area contributed by atoms with E-state index in [0.717, 1.165) is 37.3 Å². The second-order valence-electron chi connectivity index (χ2n) is 7.98. The van der Waals surface area contributed by atoms with Crippen molar-refractivity contribution in [1.29, 1.82) is 0 Å². The lowest BCUT2D eigenvalue weighted by Gasteiger charge is -2.33. The van der Waals surface area contributed by atoms with Gasteiger partial charge in [0.1, 0.15) is 11.5 Å². The number of pyridine rings is 1. The zero-order chi connectivity index (χ0) is 20.5. The average Bonchev–Trinajstić information content (AvgIpc) is 2.72. The first-order valence-electron chi connectivity index (χ1n) is 10.3. The molecule has 6 heteroatoms. The number of nitrogens with zero attached hydrogens (tertiary/aromatic N) is 3. The van der Waals surface area contributed by atoms with Crippen molar-refractivity contribution in [2.24, 2.45) is 0 Å². The Morgan fingerprint density at radius 1 is 1.28 bits per heavy atom. The molecule has 3 heterocycles. The van der Waals surface area contributed by atoms with E-state index in [4.69, 9.17) is 0 Å². The lowest BCUT2D eigenvalue weighted by molar-refractivity contribution is 0.484. The van der Waals surface area contributed by atoms with Crippen LogP contribution >= 0.6 is 0 Å². The first-order valence-corrected chi connectivity index (χ1v) is 10.3. The molecule has 0 amide bonds. The molecule has 0 saturated carbocycles. The minimum absolute atomic E-state index is 0.163. The van der Waals surface area contributed by atoms with Crippen LogP contribution < -0.4 is 15.8 Å². The summed E-state index contributed by atoms with van der Waals surface area (Å²) < 4.78 is 15.8. The standard InChI is InChI=1S/C23H27FN4O/c1-4-15(2)17-9-18(11-19(24)10-17)21-12-23(29)28-14-20(5-6-22(28)26-21)27-8-7-25-16(3)13-27/h5-6,9-12,14-16,25H,4,7-8,13H2,1-3H3/t15?,16-/m0/s1. The maximum atomic E-state index is 14.2. The van der Waals surface area contributed by atoms with Gasteiger partial charge in [-0.1, -0.05) is 13.8 Å². The number of halogens is 1. The predicted molar refractivity (Wildman–Crippen MR) is 115 cm³/mol. The summed E-state index contributed by atoms with van der Waals surface area (Å²) >= 11 is 0. The molecule has 1 saturated heterocycles. The Bertz CT molecular complexity index is 1090. The van der Waals surface area contributed by atoms with Crippen molar-refractivity contribution >= 4 is 11.3 Å². The lowest BCUT2D eigenvalue weighted by atomic mass is 9.96. The third-order valence-corrected chi connectivity index (χ3v) is 5.78. The summed E-state index contributed by atoms with van der Waals surface area (Å²) in [7, 11) is 0. The van der Waals surface area contributed by atoms with Gasteiger partial charge in [-0.05, 0) is 55.2 Å². The molecule has 5 nitrogen and oxygen atoms in total. The van der Waals surface area contributed by atoms with Crippen molar-refractivity contribution in [1.82, 2.24) is 14.7 Å². The monoisotopic (exact) mass is 394 g/mol. The number of rotatable bonds is 4. The van der Waals surface area contributed by atoms with E-state index in [2.05, 4.69) is 36.0 Å². The topological polar surface area (TPSA) is 49.6 Å². The van der Waals surface area contributed by atoms with Crippen molar-refractivity contribution < 1.29 is 4.39 Å². The molecule has 1 aliphatic rings. The largest absolute Gasteiger partial charge is 0.368 e. The summed E-state index contributed by atoms with van der Waals surface area (Å²) in [6.45, 7) is 9.01. The number of fused-ring (bicyclic) bond motifs is 1. The lowest BCUT2D eigenvalue weighted by Crippen LogP contribution is -2.49. The molecule has 2 aromatic heterocycles. The summed E-state index contributed by atoms with van der Waals surface area (Å²) in [4.78, 5) is 19.7. The molecule has 1 fully saturated rings. The third kappa shape index (κ3) is 4.03. The summed E-state index contributed by atoms with van der Waals surface area (Å²) in [6.07, 6.45) is 2.77. The molecular formula is C23H27FN4O. The Labute approximate surface area is 170 Å². The van der Waals surface area contributed by atoms with Gasteiger partial charge in [-0.25, -0.2) is 9.37 Å². The van der Waals surface area contributed by atoms with E-state index >= 15 is 0 Å². The molecule has 0 bridgehead atoms. The third-order valence-electron chi connectivity index (χ3n) is 5.78. The summed E-state index contributed by atoms with van der Waals surface area (Å²) in [5.41, 5.74) is 3.47. The zero-order valence-electron chi connectivity index (χ0n) is 17.2. The van der Waals surface area contributed by atoms with Crippen LogP contribution in [0.4, 0.5) is 10.1 Å². The quantitative estimate of drug-likeness (QED) is 0.731. The average molecular weight is 394 g/mol. The molecule has 1 N–H and O–H groups in total. The first kappa shape index (κ1) is 19.6. The molecule has 29 heavy (non-hydrogen) atoms. The number of hydrogen-bond acceptors (Lipinski definition) is 4. The van der Waals surface area contributed by atoms with Gasteiger partial charge >= 0.3 is 0 Å². The zero-order valence-corrected chi connectivity index (χ0v) is 17.2. The fraction of sp³-hybridized carbons (Fsp3) is 0.391. The Kier molecular flexibility index (Phi) is 5.37. The number of aromatic nitrogens is 2. The minimum Gasteiger partial charge on any atom is -0.368 e. The highest BCUT2D eigenvalue weighted by Gasteiger charge is 2.17. The molecule has 0 spiro atoms. The van der Waals surface area contributed by atoms with Crippen LogP contribution in [0.25, 0.3) is 16.9 Å². The molecule has 1 unspecified atom stereocenters.